The maximum absolute atomic E-state index is 11.8. The van der Waals surface area contributed by atoms with Gasteiger partial charge in [0, 0.05) is 6.42 Å². The lowest BCUT2D eigenvalue weighted by Gasteiger charge is -2.25. The van der Waals surface area contributed by atoms with E-state index in [-0.39, 0.29) is 23.9 Å². The summed E-state index contributed by atoms with van der Waals surface area (Å²) in [6.07, 6.45) is -2.47. The SMILES string of the molecule is NC1=NC(O)(Cl)c2ncn([C@@H]3O[C@H](COP(=O)(O)OP(=O)(O)OP(=O)(O)O)C[C@H]3O)c2N1. The molecule has 0 radical (unpaired) electrons. The van der Waals surface area contributed by atoms with Gasteiger partial charge in [0.1, 0.15) is 11.9 Å². The molecule has 1 saturated heterocycles. The first-order valence-electron chi connectivity index (χ1n) is 8.21. The topological polar surface area (TPSA) is 278 Å². The molecule has 32 heavy (non-hydrogen) atoms. The van der Waals surface area contributed by atoms with Crippen LogP contribution in [0.15, 0.2) is 11.3 Å². The van der Waals surface area contributed by atoms with Crippen molar-refractivity contribution in [3.8, 4) is 0 Å². The summed E-state index contributed by atoms with van der Waals surface area (Å²) in [4.78, 5) is 43.1. The number of nitrogens with one attached hydrogen (secondary N) is 1. The van der Waals surface area contributed by atoms with Gasteiger partial charge >= 0.3 is 23.5 Å². The number of phosphoric ester groups is 1. The molecule has 0 aliphatic carbocycles. The van der Waals surface area contributed by atoms with Crippen molar-refractivity contribution in [2.24, 2.45) is 10.7 Å². The number of guanidine groups is 1. The van der Waals surface area contributed by atoms with Gasteiger partial charge in [-0.05, 0) is 0 Å². The first kappa shape index (κ1) is 25.7. The van der Waals surface area contributed by atoms with Crippen LogP contribution in [-0.4, -0.2) is 64.1 Å². The average molecular weight is 544 g/mol. The zero-order valence-corrected chi connectivity index (χ0v) is 18.8. The van der Waals surface area contributed by atoms with E-state index in [9.17, 15) is 28.8 Å². The molecule has 22 heteroatoms. The van der Waals surface area contributed by atoms with Crippen LogP contribution >= 0.6 is 35.1 Å². The highest BCUT2D eigenvalue weighted by Crippen LogP contribution is 2.66. The van der Waals surface area contributed by atoms with Crippen LogP contribution in [0.2, 0.25) is 0 Å². The fourth-order valence-electron chi connectivity index (χ4n) is 2.84. The van der Waals surface area contributed by atoms with Crippen molar-refractivity contribution in [2.75, 3.05) is 11.9 Å². The predicted octanol–water partition coefficient (Wildman–Crippen LogP) is -1.04. The number of imidazole rings is 1. The predicted molar refractivity (Wildman–Crippen MR) is 102 cm³/mol. The van der Waals surface area contributed by atoms with E-state index in [1.807, 2.05) is 0 Å². The number of aromatic nitrogens is 2. The standard InChI is InChI=1S/C10H17ClN5O13P3/c11-10(18)6-7(14-9(12)15-10)16(3-13-6)8-5(17)1-4(27-8)2-26-31(22,23)29-32(24,25)28-30(19,20)21/h3-5,8,17-18H,1-2H2,(H,22,23)(H,24,25)(H3,12,14,15)(H2,19,20,21)/t4-,5+,8+,10?/m0/s1. The maximum atomic E-state index is 11.8. The van der Waals surface area contributed by atoms with Gasteiger partial charge in [-0.1, -0.05) is 11.6 Å². The highest BCUT2D eigenvalue weighted by atomic mass is 35.5. The van der Waals surface area contributed by atoms with E-state index in [0.717, 1.165) is 6.33 Å². The number of rotatable bonds is 8. The normalized spacial score (nSPS) is 31.8. The Kier molecular flexibility index (Phi) is 6.97. The van der Waals surface area contributed by atoms with Gasteiger partial charge in [0.25, 0.3) is 5.18 Å². The molecule has 0 spiro atoms. The Bertz CT molecular complexity index is 1060. The molecule has 1 aromatic rings. The molecule has 0 amide bonds. The maximum Gasteiger partial charge on any atom is 0.490 e. The Balaban J connectivity index is 1.65. The molecule has 3 unspecified atom stereocenters. The van der Waals surface area contributed by atoms with Gasteiger partial charge < -0.3 is 45.6 Å². The molecule has 18 nitrogen and oxygen atoms in total. The number of aliphatic imine (C=N–C) groups is 1. The molecule has 1 fully saturated rings. The van der Waals surface area contributed by atoms with E-state index >= 15 is 0 Å². The summed E-state index contributed by atoms with van der Waals surface area (Å²) < 4.78 is 52.2. The van der Waals surface area contributed by atoms with Crippen LogP contribution in [0.3, 0.4) is 0 Å². The number of nitrogens with two attached hydrogens (primary N) is 1. The van der Waals surface area contributed by atoms with Crippen LogP contribution in [0, 0.1) is 0 Å². The number of fused-ring (bicyclic) bond motifs is 1. The van der Waals surface area contributed by atoms with Gasteiger partial charge in [-0.2, -0.15) is 13.6 Å². The molecule has 9 N–H and O–H groups in total. The molecule has 2 aliphatic heterocycles. The second kappa shape index (κ2) is 8.69. The Morgan fingerprint density at radius 2 is 1.94 bits per heavy atom. The Morgan fingerprint density at radius 1 is 1.28 bits per heavy atom. The van der Waals surface area contributed by atoms with E-state index in [4.69, 9.17) is 36.8 Å². The van der Waals surface area contributed by atoms with Crippen molar-refractivity contribution in [1.29, 1.82) is 0 Å². The number of anilines is 1. The van der Waals surface area contributed by atoms with E-state index in [1.165, 1.54) is 4.57 Å². The number of ether oxygens (including phenoxy) is 1. The summed E-state index contributed by atoms with van der Waals surface area (Å²) in [5.41, 5.74) is 5.41. The van der Waals surface area contributed by atoms with E-state index in [1.54, 1.807) is 0 Å². The lowest BCUT2D eigenvalue weighted by molar-refractivity contribution is -0.0490. The molecular formula is C10H17ClN5O13P3. The van der Waals surface area contributed by atoms with Crippen molar-refractivity contribution in [3.05, 3.63) is 12.0 Å². The minimum Gasteiger partial charge on any atom is -0.388 e. The van der Waals surface area contributed by atoms with Gasteiger partial charge in [0.15, 0.2) is 17.9 Å². The summed E-state index contributed by atoms with van der Waals surface area (Å²) in [5.74, 6) is -0.207. The summed E-state index contributed by atoms with van der Waals surface area (Å²) in [7, 11) is -16.5. The quantitative estimate of drug-likeness (QED) is 0.110. The molecule has 3 rings (SSSR count). The second-order valence-electron chi connectivity index (χ2n) is 6.40. The molecule has 182 valence electrons. The van der Waals surface area contributed by atoms with E-state index in [2.05, 4.69) is 28.4 Å². The highest BCUT2D eigenvalue weighted by Gasteiger charge is 2.44. The van der Waals surface area contributed by atoms with Crippen molar-refractivity contribution < 1.29 is 61.4 Å². The summed E-state index contributed by atoms with van der Waals surface area (Å²) in [6, 6.07) is 0. The van der Waals surface area contributed by atoms with Crippen LogP contribution < -0.4 is 11.1 Å². The number of aliphatic hydroxyl groups excluding tert-OH is 1. The fourth-order valence-corrected chi connectivity index (χ4v) is 6.12. The second-order valence-corrected chi connectivity index (χ2v) is 11.3. The molecular weight excluding hydrogens is 527 g/mol. The molecule has 0 bridgehead atoms. The van der Waals surface area contributed by atoms with Crippen LogP contribution in [0.4, 0.5) is 5.82 Å². The third-order valence-corrected chi connectivity index (χ3v) is 7.96. The summed E-state index contributed by atoms with van der Waals surface area (Å²) >= 11 is 5.85. The van der Waals surface area contributed by atoms with E-state index < -0.39 is 53.7 Å². The zero-order valence-electron chi connectivity index (χ0n) is 15.4. The summed E-state index contributed by atoms with van der Waals surface area (Å²) in [6.45, 7) is -0.759. The van der Waals surface area contributed by atoms with Gasteiger partial charge in [0.05, 0.1) is 19.0 Å². The first-order valence-corrected chi connectivity index (χ1v) is 13.1. The molecule has 0 saturated carbocycles. The van der Waals surface area contributed by atoms with Crippen molar-refractivity contribution in [3.63, 3.8) is 0 Å². The lowest BCUT2D eigenvalue weighted by atomic mass is 10.2. The zero-order chi connectivity index (χ0) is 24.1. The highest BCUT2D eigenvalue weighted by molar-refractivity contribution is 7.66. The van der Waals surface area contributed by atoms with Crippen molar-refractivity contribution >= 4 is 46.8 Å². The minimum atomic E-state index is -5.66. The Labute approximate surface area is 183 Å². The Morgan fingerprint density at radius 3 is 2.56 bits per heavy atom. The summed E-state index contributed by atoms with van der Waals surface area (Å²) in [5, 5.41) is 20.7. The monoisotopic (exact) mass is 543 g/mol. The van der Waals surface area contributed by atoms with Crippen molar-refractivity contribution in [2.45, 2.75) is 30.0 Å². The molecule has 6 atom stereocenters. The molecule has 0 aromatic carbocycles. The minimum absolute atomic E-state index is 0.0487. The average Bonchev–Trinajstić information content (AvgIpc) is 3.12. The molecule has 2 aliphatic rings. The van der Waals surface area contributed by atoms with E-state index in [0.29, 0.717) is 0 Å². The van der Waals surface area contributed by atoms with Crippen LogP contribution in [-0.2, 0) is 36.8 Å². The van der Waals surface area contributed by atoms with Gasteiger partial charge in [-0.25, -0.2) is 18.7 Å². The van der Waals surface area contributed by atoms with Gasteiger partial charge in [0.2, 0.25) is 0 Å². The molecule has 3 heterocycles. The molecule has 1 aromatic heterocycles. The van der Waals surface area contributed by atoms with Gasteiger partial charge in [-0.3, -0.25) is 9.09 Å². The lowest BCUT2D eigenvalue weighted by Crippen LogP contribution is -2.35. The third-order valence-electron chi connectivity index (χ3n) is 3.89. The number of halogens is 1. The third kappa shape index (κ3) is 6.14. The smallest absolute Gasteiger partial charge is 0.388 e. The number of hydrogen-bond donors (Lipinski definition) is 8. The van der Waals surface area contributed by atoms with Crippen molar-refractivity contribution in [1.82, 2.24) is 9.55 Å². The van der Waals surface area contributed by atoms with Crippen LogP contribution in [0.5, 0.6) is 0 Å². The number of aliphatic hydroxyl groups is 2. The van der Waals surface area contributed by atoms with Crippen LogP contribution in [0.1, 0.15) is 18.3 Å². The first-order chi connectivity index (χ1) is 14.5. The number of alkyl halides is 1. The Hall–Kier alpha value is -0.940. The number of hydrogen-bond acceptors (Lipinski definition) is 13. The fraction of sp³-hybridized carbons (Fsp3) is 0.600. The number of phosphoric acid groups is 3. The van der Waals surface area contributed by atoms with Gasteiger partial charge in [-0.15, -0.1) is 0 Å². The number of nitrogens with zero attached hydrogens (tertiary/aromatic N) is 3. The van der Waals surface area contributed by atoms with Crippen LogP contribution in [0.25, 0.3) is 0 Å². The largest absolute Gasteiger partial charge is 0.490 e.